The quantitative estimate of drug-likeness (QED) is 0.728. The number of nitrogens with zero attached hydrogens (tertiary/aromatic N) is 1. The van der Waals surface area contributed by atoms with Gasteiger partial charge in [-0.2, -0.15) is 0 Å². The van der Waals surface area contributed by atoms with Gasteiger partial charge in [0, 0.05) is 19.0 Å². The van der Waals surface area contributed by atoms with Gasteiger partial charge in [0.15, 0.2) is 5.78 Å². The smallest absolute Gasteiger partial charge is 0.157 e. The van der Waals surface area contributed by atoms with E-state index in [1.807, 2.05) is 0 Å². The van der Waals surface area contributed by atoms with Gasteiger partial charge in [-0.15, -0.1) is 0 Å². The number of hydrogen-bond acceptors (Lipinski definition) is 3. The molecule has 3 fully saturated rings. The first kappa shape index (κ1) is 9.79. The van der Waals surface area contributed by atoms with E-state index < -0.39 is 0 Å². The summed E-state index contributed by atoms with van der Waals surface area (Å²) in [6, 6.07) is 0. The van der Waals surface area contributed by atoms with Crippen LogP contribution in [0.2, 0.25) is 0 Å². The van der Waals surface area contributed by atoms with E-state index in [4.69, 9.17) is 0 Å². The topological polar surface area (TPSA) is 32.3 Å². The van der Waals surface area contributed by atoms with E-state index in [2.05, 4.69) is 10.2 Å². The highest BCUT2D eigenvalue weighted by molar-refractivity contribution is 5.92. The molecule has 0 radical (unpaired) electrons. The van der Waals surface area contributed by atoms with Crippen LogP contribution in [0.5, 0.6) is 0 Å². The van der Waals surface area contributed by atoms with Crippen molar-refractivity contribution in [2.45, 2.75) is 37.6 Å². The molecule has 3 heterocycles. The standard InChI is InChI=1S/C12H20N2O/c15-11(10-3-1-6-13-9-10)12-4-2-7-14(12)8-5-12/h10,13H,1-9H2. The molecule has 2 atom stereocenters. The summed E-state index contributed by atoms with van der Waals surface area (Å²) < 4.78 is 0. The first-order valence-corrected chi connectivity index (χ1v) is 6.33. The van der Waals surface area contributed by atoms with Gasteiger partial charge < -0.3 is 5.32 Å². The van der Waals surface area contributed by atoms with Crippen molar-refractivity contribution in [2.24, 2.45) is 5.92 Å². The molecule has 0 aromatic rings. The van der Waals surface area contributed by atoms with Crippen molar-refractivity contribution in [3.05, 3.63) is 0 Å². The van der Waals surface area contributed by atoms with Crippen LogP contribution in [0.3, 0.4) is 0 Å². The lowest BCUT2D eigenvalue weighted by molar-refractivity contribution is -0.141. The van der Waals surface area contributed by atoms with Gasteiger partial charge in [-0.3, -0.25) is 9.69 Å². The van der Waals surface area contributed by atoms with Gasteiger partial charge in [-0.25, -0.2) is 0 Å². The molecule has 3 saturated heterocycles. The van der Waals surface area contributed by atoms with Crippen LogP contribution in [0.25, 0.3) is 0 Å². The third-order valence-corrected chi connectivity index (χ3v) is 4.55. The maximum atomic E-state index is 12.5. The van der Waals surface area contributed by atoms with Gasteiger partial charge in [0.25, 0.3) is 0 Å². The van der Waals surface area contributed by atoms with Crippen molar-refractivity contribution in [1.82, 2.24) is 10.2 Å². The Hall–Kier alpha value is -0.410. The molecule has 0 saturated carbocycles. The molecule has 0 aromatic heterocycles. The number of carbonyl (C=O) groups is 1. The average molecular weight is 208 g/mol. The van der Waals surface area contributed by atoms with Crippen molar-refractivity contribution < 1.29 is 4.79 Å². The molecule has 3 heteroatoms. The molecule has 0 amide bonds. The Bertz CT molecular complexity index is 273. The van der Waals surface area contributed by atoms with E-state index in [9.17, 15) is 4.79 Å². The molecule has 0 aromatic carbocycles. The molecular weight excluding hydrogens is 188 g/mol. The number of ketones is 1. The number of carbonyl (C=O) groups excluding carboxylic acids is 1. The van der Waals surface area contributed by atoms with Crippen LogP contribution in [0.15, 0.2) is 0 Å². The predicted octanol–water partition coefficient (Wildman–Crippen LogP) is 0.793. The minimum Gasteiger partial charge on any atom is -0.316 e. The van der Waals surface area contributed by atoms with Gasteiger partial charge in [-0.05, 0) is 45.2 Å². The van der Waals surface area contributed by atoms with E-state index >= 15 is 0 Å². The lowest BCUT2D eigenvalue weighted by Crippen LogP contribution is -2.63. The van der Waals surface area contributed by atoms with E-state index in [0.29, 0.717) is 11.7 Å². The Kier molecular flexibility index (Phi) is 2.33. The second-order valence-electron chi connectivity index (χ2n) is 5.28. The van der Waals surface area contributed by atoms with E-state index in [1.54, 1.807) is 0 Å². The molecular formula is C12H20N2O. The minimum atomic E-state index is 0.00366. The highest BCUT2D eigenvalue weighted by Gasteiger charge is 2.54. The minimum absolute atomic E-state index is 0.00366. The van der Waals surface area contributed by atoms with E-state index in [0.717, 1.165) is 45.4 Å². The molecule has 3 aliphatic heterocycles. The second kappa shape index (κ2) is 3.56. The summed E-state index contributed by atoms with van der Waals surface area (Å²) in [5, 5.41) is 3.36. The van der Waals surface area contributed by atoms with Gasteiger partial charge in [0.2, 0.25) is 0 Å². The second-order valence-corrected chi connectivity index (χ2v) is 5.28. The summed E-state index contributed by atoms with van der Waals surface area (Å²) in [6.07, 6.45) is 5.77. The van der Waals surface area contributed by atoms with Crippen LogP contribution >= 0.6 is 0 Å². The molecule has 3 nitrogen and oxygen atoms in total. The van der Waals surface area contributed by atoms with Crippen LogP contribution in [0.4, 0.5) is 0 Å². The van der Waals surface area contributed by atoms with Crippen LogP contribution in [-0.2, 0) is 4.79 Å². The third-order valence-electron chi connectivity index (χ3n) is 4.55. The van der Waals surface area contributed by atoms with Crippen LogP contribution < -0.4 is 5.32 Å². The zero-order chi connectivity index (χ0) is 10.3. The van der Waals surface area contributed by atoms with E-state index in [1.165, 1.54) is 12.8 Å². The zero-order valence-electron chi connectivity index (χ0n) is 9.30. The third kappa shape index (κ3) is 1.36. The van der Waals surface area contributed by atoms with Gasteiger partial charge in [0.1, 0.15) is 0 Å². The van der Waals surface area contributed by atoms with Crippen molar-refractivity contribution in [2.75, 3.05) is 26.2 Å². The molecule has 0 bridgehead atoms. The fraction of sp³-hybridized carbons (Fsp3) is 0.917. The fourth-order valence-corrected chi connectivity index (χ4v) is 3.57. The highest BCUT2D eigenvalue weighted by atomic mass is 16.1. The average Bonchev–Trinajstić information content (AvgIpc) is 2.56. The Morgan fingerprint density at radius 3 is 2.80 bits per heavy atom. The molecule has 0 aliphatic carbocycles. The SMILES string of the molecule is O=C(C1CCCNC1)C12CCCN1CC2. The molecule has 0 spiro atoms. The van der Waals surface area contributed by atoms with Gasteiger partial charge in [0.05, 0.1) is 5.54 Å². The van der Waals surface area contributed by atoms with Gasteiger partial charge in [-0.1, -0.05) is 0 Å². The van der Waals surface area contributed by atoms with Gasteiger partial charge >= 0.3 is 0 Å². The number of rotatable bonds is 2. The number of nitrogens with one attached hydrogen (secondary N) is 1. The van der Waals surface area contributed by atoms with Crippen molar-refractivity contribution in [3.63, 3.8) is 0 Å². The summed E-state index contributed by atoms with van der Waals surface area (Å²) in [5.41, 5.74) is 0.00366. The number of Topliss-reactive ketones (excluding diaryl/α,β-unsaturated/α-hetero) is 1. The first-order valence-electron chi connectivity index (χ1n) is 6.33. The summed E-state index contributed by atoms with van der Waals surface area (Å²) in [5.74, 6) is 0.859. The first-order chi connectivity index (χ1) is 7.33. The van der Waals surface area contributed by atoms with Crippen LogP contribution in [0, 0.1) is 5.92 Å². The Morgan fingerprint density at radius 2 is 2.20 bits per heavy atom. The number of hydrogen-bond donors (Lipinski definition) is 1. The van der Waals surface area contributed by atoms with Crippen LogP contribution in [0.1, 0.15) is 32.1 Å². The largest absolute Gasteiger partial charge is 0.316 e. The summed E-state index contributed by atoms with van der Waals surface area (Å²) in [7, 11) is 0. The fourth-order valence-electron chi connectivity index (χ4n) is 3.57. The number of piperidine rings is 1. The molecule has 84 valence electrons. The zero-order valence-corrected chi connectivity index (χ0v) is 9.30. The predicted molar refractivity (Wildman–Crippen MR) is 58.8 cm³/mol. The number of fused-ring (bicyclic) bond motifs is 1. The monoisotopic (exact) mass is 208 g/mol. The highest BCUT2D eigenvalue weighted by Crippen LogP contribution is 2.43. The van der Waals surface area contributed by atoms with Crippen LogP contribution in [-0.4, -0.2) is 42.4 Å². The maximum absolute atomic E-state index is 12.5. The molecule has 1 N–H and O–H groups in total. The Balaban J connectivity index is 1.73. The van der Waals surface area contributed by atoms with Crippen molar-refractivity contribution in [1.29, 1.82) is 0 Å². The summed E-state index contributed by atoms with van der Waals surface area (Å²) in [6.45, 7) is 4.34. The molecule has 3 aliphatic rings. The Morgan fingerprint density at radius 1 is 1.27 bits per heavy atom. The van der Waals surface area contributed by atoms with Crippen molar-refractivity contribution in [3.8, 4) is 0 Å². The Labute approximate surface area is 91.2 Å². The van der Waals surface area contributed by atoms with E-state index in [-0.39, 0.29) is 5.54 Å². The molecule has 15 heavy (non-hydrogen) atoms. The summed E-state index contributed by atoms with van der Waals surface area (Å²) >= 11 is 0. The normalized spacial score (nSPS) is 40.9. The molecule has 3 rings (SSSR count). The molecule has 2 unspecified atom stereocenters. The van der Waals surface area contributed by atoms with Crippen molar-refractivity contribution >= 4 is 5.78 Å². The maximum Gasteiger partial charge on any atom is 0.157 e. The summed E-state index contributed by atoms with van der Waals surface area (Å²) in [4.78, 5) is 14.9. The lowest BCUT2D eigenvalue weighted by atomic mass is 9.74. The lowest BCUT2D eigenvalue weighted by Gasteiger charge is -2.48.